The van der Waals surface area contributed by atoms with Crippen LogP contribution in [0.1, 0.15) is 42.1 Å². The second kappa shape index (κ2) is 5.89. The lowest BCUT2D eigenvalue weighted by Crippen LogP contribution is -2.40. The number of carboxylic acid groups (broad SMARTS) is 1. The molecule has 2 aliphatic rings. The minimum atomic E-state index is -0.749. The normalized spacial score (nSPS) is 21.5. The molecule has 128 valence electrons. The number of hydrogen-bond acceptors (Lipinski definition) is 4. The predicted molar refractivity (Wildman–Crippen MR) is 85.8 cm³/mol. The number of piperidine rings is 1. The van der Waals surface area contributed by atoms with E-state index in [0.29, 0.717) is 49.9 Å². The Morgan fingerprint density at radius 3 is 2.54 bits per heavy atom. The highest BCUT2D eigenvalue weighted by molar-refractivity contribution is 5.95. The van der Waals surface area contributed by atoms with Gasteiger partial charge in [-0.25, -0.2) is 0 Å². The molecule has 1 heterocycles. The van der Waals surface area contributed by atoms with Crippen molar-refractivity contribution >= 4 is 17.6 Å². The van der Waals surface area contributed by atoms with E-state index in [0.717, 1.165) is 0 Å². The third kappa shape index (κ3) is 2.74. The van der Waals surface area contributed by atoms with E-state index >= 15 is 0 Å². The fourth-order valence-electron chi connectivity index (χ4n) is 3.75. The maximum atomic E-state index is 12.6. The number of amides is 1. The van der Waals surface area contributed by atoms with Crippen molar-refractivity contribution in [3.8, 4) is 0 Å². The molecule has 7 nitrogen and oxygen atoms in total. The lowest BCUT2D eigenvalue weighted by molar-refractivity contribution is -0.385. The molecule has 0 aromatic heterocycles. The van der Waals surface area contributed by atoms with Gasteiger partial charge in [-0.15, -0.1) is 0 Å². The van der Waals surface area contributed by atoms with Crippen LogP contribution < -0.4 is 0 Å². The van der Waals surface area contributed by atoms with E-state index in [1.165, 1.54) is 6.07 Å². The van der Waals surface area contributed by atoms with Gasteiger partial charge in [0, 0.05) is 30.3 Å². The number of carbonyl (C=O) groups is 2. The van der Waals surface area contributed by atoms with Gasteiger partial charge in [-0.3, -0.25) is 19.7 Å². The molecular formula is C17H20N2O5. The number of nitro benzene ring substituents is 1. The molecule has 1 spiro atoms. The lowest BCUT2D eigenvalue weighted by Gasteiger charge is -2.32. The second-order valence-corrected chi connectivity index (χ2v) is 6.70. The largest absolute Gasteiger partial charge is 0.481 e. The standard InChI is InChI=1S/C17H20N2O5/c1-2-11-3-4-12(9-14(11)19(23)24)15(20)18-7-5-17(6-8-18)10-13(17)16(21)22/h3-4,9,13H,2,5-8,10H2,1H3,(H,21,22). The van der Waals surface area contributed by atoms with Crippen LogP contribution in [0.5, 0.6) is 0 Å². The van der Waals surface area contributed by atoms with Crippen molar-refractivity contribution in [1.82, 2.24) is 4.90 Å². The summed E-state index contributed by atoms with van der Waals surface area (Å²) in [4.78, 5) is 36.1. The summed E-state index contributed by atoms with van der Waals surface area (Å²) in [5.41, 5.74) is 0.766. The van der Waals surface area contributed by atoms with Crippen LogP contribution in [-0.2, 0) is 11.2 Å². The van der Waals surface area contributed by atoms with Crippen molar-refractivity contribution < 1.29 is 19.6 Å². The van der Waals surface area contributed by atoms with Crippen LogP contribution in [0.2, 0.25) is 0 Å². The van der Waals surface area contributed by atoms with E-state index in [-0.39, 0.29) is 22.9 Å². The number of benzene rings is 1. The Hall–Kier alpha value is -2.44. The summed E-state index contributed by atoms with van der Waals surface area (Å²) < 4.78 is 0. The zero-order chi connectivity index (χ0) is 17.5. The molecule has 1 aromatic carbocycles. The molecule has 0 radical (unpaired) electrons. The molecule has 1 amide bonds. The number of carbonyl (C=O) groups excluding carboxylic acids is 1. The van der Waals surface area contributed by atoms with Gasteiger partial charge in [0.2, 0.25) is 0 Å². The molecule has 1 saturated carbocycles. The van der Waals surface area contributed by atoms with Crippen molar-refractivity contribution in [3.63, 3.8) is 0 Å². The molecule has 24 heavy (non-hydrogen) atoms. The monoisotopic (exact) mass is 332 g/mol. The topological polar surface area (TPSA) is 101 Å². The summed E-state index contributed by atoms with van der Waals surface area (Å²) in [6.07, 6.45) is 2.60. The Labute approximate surface area is 139 Å². The molecule has 1 aliphatic carbocycles. The van der Waals surface area contributed by atoms with Crippen LogP contribution in [0, 0.1) is 21.4 Å². The number of hydrogen-bond donors (Lipinski definition) is 1. The van der Waals surface area contributed by atoms with Crippen LogP contribution in [0.25, 0.3) is 0 Å². The van der Waals surface area contributed by atoms with Gasteiger partial charge in [-0.05, 0) is 37.2 Å². The van der Waals surface area contributed by atoms with Gasteiger partial charge in [-0.2, -0.15) is 0 Å². The Morgan fingerprint density at radius 1 is 1.38 bits per heavy atom. The maximum Gasteiger partial charge on any atom is 0.307 e. The first kappa shape index (κ1) is 16.4. The van der Waals surface area contributed by atoms with Crippen molar-refractivity contribution in [2.75, 3.05) is 13.1 Å². The van der Waals surface area contributed by atoms with E-state index in [2.05, 4.69) is 0 Å². The molecular weight excluding hydrogens is 312 g/mol. The number of nitro groups is 1. The van der Waals surface area contributed by atoms with Gasteiger partial charge >= 0.3 is 5.97 Å². The number of carboxylic acids is 1. The average Bonchev–Trinajstić information content (AvgIpc) is 3.28. The number of rotatable bonds is 4. The van der Waals surface area contributed by atoms with Crippen LogP contribution in [0.15, 0.2) is 18.2 Å². The lowest BCUT2D eigenvalue weighted by atomic mass is 9.90. The fourth-order valence-corrected chi connectivity index (χ4v) is 3.75. The molecule has 3 rings (SSSR count). The summed E-state index contributed by atoms with van der Waals surface area (Å²) in [5.74, 6) is -1.25. The van der Waals surface area contributed by atoms with Crippen LogP contribution in [0.4, 0.5) is 5.69 Å². The second-order valence-electron chi connectivity index (χ2n) is 6.70. The molecule has 2 fully saturated rings. The highest BCUT2D eigenvalue weighted by Crippen LogP contribution is 2.59. The highest BCUT2D eigenvalue weighted by Gasteiger charge is 2.59. The zero-order valence-corrected chi connectivity index (χ0v) is 13.5. The molecule has 1 aliphatic heterocycles. The van der Waals surface area contributed by atoms with Gasteiger partial charge < -0.3 is 10.0 Å². The molecule has 1 N–H and O–H groups in total. The van der Waals surface area contributed by atoms with Crippen LogP contribution in [-0.4, -0.2) is 39.9 Å². The van der Waals surface area contributed by atoms with E-state index in [1.807, 2.05) is 6.92 Å². The molecule has 1 aromatic rings. The summed E-state index contributed by atoms with van der Waals surface area (Å²) in [6.45, 7) is 2.85. The molecule has 7 heteroatoms. The molecule has 1 atom stereocenters. The Morgan fingerprint density at radius 2 is 2.04 bits per heavy atom. The van der Waals surface area contributed by atoms with Gasteiger partial charge in [0.15, 0.2) is 0 Å². The van der Waals surface area contributed by atoms with E-state index in [9.17, 15) is 19.7 Å². The number of aryl methyl sites for hydroxylation is 1. The maximum absolute atomic E-state index is 12.6. The Kier molecular flexibility index (Phi) is 4.03. The first-order valence-electron chi connectivity index (χ1n) is 8.17. The quantitative estimate of drug-likeness (QED) is 0.674. The predicted octanol–water partition coefficient (Wildman–Crippen LogP) is 2.48. The SMILES string of the molecule is CCc1ccc(C(=O)N2CCC3(CC2)CC3C(=O)O)cc1[N+](=O)[O-]. The van der Waals surface area contributed by atoms with E-state index < -0.39 is 10.9 Å². The van der Waals surface area contributed by atoms with Crippen molar-refractivity contribution in [2.24, 2.45) is 11.3 Å². The van der Waals surface area contributed by atoms with Crippen LogP contribution >= 0.6 is 0 Å². The van der Waals surface area contributed by atoms with E-state index in [4.69, 9.17) is 5.11 Å². The Bertz CT molecular complexity index is 707. The average molecular weight is 332 g/mol. The number of aliphatic carboxylic acids is 1. The highest BCUT2D eigenvalue weighted by atomic mass is 16.6. The van der Waals surface area contributed by atoms with Gasteiger partial charge in [0.1, 0.15) is 0 Å². The van der Waals surface area contributed by atoms with Gasteiger partial charge in [0.05, 0.1) is 10.8 Å². The third-order valence-electron chi connectivity index (χ3n) is 5.44. The van der Waals surface area contributed by atoms with Crippen molar-refractivity contribution in [1.29, 1.82) is 0 Å². The summed E-state index contributed by atoms with van der Waals surface area (Å²) in [5, 5.41) is 20.3. The fraction of sp³-hybridized carbons (Fsp3) is 0.529. The number of nitrogens with zero attached hydrogens (tertiary/aromatic N) is 2. The molecule has 1 unspecified atom stereocenters. The van der Waals surface area contributed by atoms with Gasteiger partial charge in [-0.1, -0.05) is 13.0 Å². The van der Waals surface area contributed by atoms with Crippen molar-refractivity contribution in [3.05, 3.63) is 39.4 Å². The molecule has 1 saturated heterocycles. The smallest absolute Gasteiger partial charge is 0.307 e. The third-order valence-corrected chi connectivity index (χ3v) is 5.44. The number of likely N-dealkylation sites (tertiary alicyclic amines) is 1. The summed E-state index contributed by atoms with van der Waals surface area (Å²) in [6, 6.07) is 4.62. The van der Waals surface area contributed by atoms with E-state index in [1.54, 1.807) is 17.0 Å². The minimum Gasteiger partial charge on any atom is -0.481 e. The first-order valence-corrected chi connectivity index (χ1v) is 8.17. The molecule has 0 bridgehead atoms. The zero-order valence-electron chi connectivity index (χ0n) is 13.5. The summed E-state index contributed by atoms with van der Waals surface area (Å²) >= 11 is 0. The van der Waals surface area contributed by atoms with Crippen molar-refractivity contribution in [2.45, 2.75) is 32.6 Å². The minimum absolute atomic E-state index is 0.0232. The summed E-state index contributed by atoms with van der Waals surface area (Å²) in [7, 11) is 0. The first-order chi connectivity index (χ1) is 11.4. The Balaban J connectivity index is 1.71. The van der Waals surface area contributed by atoms with Crippen LogP contribution in [0.3, 0.4) is 0 Å². The van der Waals surface area contributed by atoms with Gasteiger partial charge in [0.25, 0.3) is 11.6 Å².